The Bertz CT molecular complexity index is 375. The zero-order chi connectivity index (χ0) is 15.4. The second kappa shape index (κ2) is 7.28. The second-order valence-electron chi connectivity index (χ2n) is 7.03. The molecular formula is C17H30N2O2. The van der Waals surface area contributed by atoms with Gasteiger partial charge in [0.25, 0.3) is 0 Å². The van der Waals surface area contributed by atoms with E-state index in [4.69, 9.17) is 0 Å². The molecule has 1 aliphatic heterocycles. The standard InChI is InChI=1S/C17H30N2O2/c1-4-14-17(21)19(11-10-12(2)3)15(16(20)18-14)13-8-6-5-7-9-13/h12-15H,4-11H2,1-3H3,(H,18,20). The molecular weight excluding hydrogens is 264 g/mol. The number of carbonyl (C=O) groups excluding carboxylic acids is 2. The summed E-state index contributed by atoms with van der Waals surface area (Å²) in [7, 11) is 0. The predicted octanol–water partition coefficient (Wildman–Crippen LogP) is 2.72. The van der Waals surface area contributed by atoms with Crippen molar-refractivity contribution in [2.45, 2.75) is 77.8 Å². The molecule has 2 rings (SSSR count). The van der Waals surface area contributed by atoms with Gasteiger partial charge in [-0.15, -0.1) is 0 Å². The number of hydrogen-bond acceptors (Lipinski definition) is 2. The molecule has 2 unspecified atom stereocenters. The average molecular weight is 294 g/mol. The molecule has 0 bridgehead atoms. The van der Waals surface area contributed by atoms with E-state index in [1.54, 1.807) is 0 Å². The molecule has 0 aromatic carbocycles. The van der Waals surface area contributed by atoms with Gasteiger partial charge >= 0.3 is 0 Å². The maximum Gasteiger partial charge on any atom is 0.245 e. The topological polar surface area (TPSA) is 49.4 Å². The Morgan fingerprint density at radius 1 is 1.19 bits per heavy atom. The first kappa shape index (κ1) is 16.3. The Kier molecular flexibility index (Phi) is 5.65. The summed E-state index contributed by atoms with van der Waals surface area (Å²) in [5.41, 5.74) is 0. The number of rotatable bonds is 5. The Morgan fingerprint density at radius 3 is 2.43 bits per heavy atom. The molecule has 0 aromatic rings. The first-order valence-electron chi connectivity index (χ1n) is 8.65. The van der Waals surface area contributed by atoms with E-state index < -0.39 is 0 Å². The monoisotopic (exact) mass is 294 g/mol. The number of nitrogens with one attached hydrogen (secondary N) is 1. The van der Waals surface area contributed by atoms with Gasteiger partial charge in [-0.3, -0.25) is 9.59 Å². The van der Waals surface area contributed by atoms with Crippen molar-refractivity contribution < 1.29 is 9.59 Å². The van der Waals surface area contributed by atoms with Crippen LogP contribution in [0, 0.1) is 11.8 Å². The van der Waals surface area contributed by atoms with Crippen molar-refractivity contribution >= 4 is 11.8 Å². The first-order chi connectivity index (χ1) is 10.0. The van der Waals surface area contributed by atoms with Gasteiger partial charge in [-0.05, 0) is 37.5 Å². The number of nitrogens with zero attached hydrogens (tertiary/aromatic N) is 1. The van der Waals surface area contributed by atoms with Crippen LogP contribution in [0.1, 0.15) is 65.7 Å². The van der Waals surface area contributed by atoms with Crippen LogP contribution in [0.4, 0.5) is 0 Å². The summed E-state index contributed by atoms with van der Waals surface area (Å²) in [6, 6.07) is -0.538. The lowest BCUT2D eigenvalue weighted by Gasteiger charge is -2.43. The highest BCUT2D eigenvalue weighted by Gasteiger charge is 2.43. The smallest absolute Gasteiger partial charge is 0.245 e. The zero-order valence-electron chi connectivity index (χ0n) is 13.7. The minimum atomic E-state index is -0.315. The summed E-state index contributed by atoms with van der Waals surface area (Å²) in [6.45, 7) is 7.02. The van der Waals surface area contributed by atoms with Gasteiger partial charge in [0.2, 0.25) is 11.8 Å². The lowest BCUT2D eigenvalue weighted by molar-refractivity contribution is -0.152. The van der Waals surface area contributed by atoms with Gasteiger partial charge in [0.15, 0.2) is 0 Å². The van der Waals surface area contributed by atoms with Gasteiger partial charge in [-0.1, -0.05) is 40.0 Å². The summed E-state index contributed by atoms with van der Waals surface area (Å²) in [5, 5.41) is 2.95. The summed E-state index contributed by atoms with van der Waals surface area (Å²) in [4.78, 5) is 27.1. The number of hydrogen-bond donors (Lipinski definition) is 1. The second-order valence-corrected chi connectivity index (χ2v) is 7.03. The fourth-order valence-corrected chi connectivity index (χ4v) is 3.64. The maximum atomic E-state index is 12.7. The molecule has 1 aliphatic carbocycles. The lowest BCUT2D eigenvalue weighted by atomic mass is 9.81. The van der Waals surface area contributed by atoms with E-state index in [-0.39, 0.29) is 23.9 Å². The van der Waals surface area contributed by atoms with Gasteiger partial charge in [0, 0.05) is 6.54 Å². The minimum Gasteiger partial charge on any atom is -0.343 e. The van der Waals surface area contributed by atoms with Crippen LogP contribution in [0.2, 0.25) is 0 Å². The van der Waals surface area contributed by atoms with Gasteiger partial charge < -0.3 is 10.2 Å². The predicted molar refractivity (Wildman–Crippen MR) is 83.8 cm³/mol. The van der Waals surface area contributed by atoms with Crippen molar-refractivity contribution in [2.24, 2.45) is 11.8 Å². The minimum absolute atomic E-state index is 0.0807. The number of carbonyl (C=O) groups is 2. The molecule has 120 valence electrons. The van der Waals surface area contributed by atoms with Crippen LogP contribution >= 0.6 is 0 Å². The highest BCUT2D eigenvalue weighted by molar-refractivity contribution is 5.97. The van der Waals surface area contributed by atoms with Gasteiger partial charge in [0.05, 0.1) is 0 Å². The first-order valence-corrected chi connectivity index (χ1v) is 8.65. The summed E-state index contributed by atoms with van der Waals surface area (Å²) >= 11 is 0. The molecule has 0 radical (unpaired) electrons. The molecule has 2 amide bonds. The van der Waals surface area contributed by atoms with E-state index in [9.17, 15) is 9.59 Å². The summed E-state index contributed by atoms with van der Waals surface area (Å²) in [5.74, 6) is 1.12. The Balaban J connectivity index is 2.15. The molecule has 1 saturated carbocycles. The van der Waals surface area contributed by atoms with Crippen LogP contribution in [0.3, 0.4) is 0 Å². The average Bonchev–Trinajstić information content (AvgIpc) is 2.48. The third-order valence-corrected chi connectivity index (χ3v) is 4.95. The molecule has 0 spiro atoms. The van der Waals surface area contributed by atoms with E-state index in [1.807, 2.05) is 11.8 Å². The molecule has 2 fully saturated rings. The van der Waals surface area contributed by atoms with Crippen molar-refractivity contribution in [1.29, 1.82) is 0 Å². The third kappa shape index (κ3) is 3.78. The van der Waals surface area contributed by atoms with Crippen molar-refractivity contribution in [3.05, 3.63) is 0 Å². The molecule has 4 nitrogen and oxygen atoms in total. The quantitative estimate of drug-likeness (QED) is 0.847. The summed E-state index contributed by atoms with van der Waals surface area (Å²) in [6.07, 6.45) is 7.47. The van der Waals surface area contributed by atoms with Crippen LogP contribution in [0.25, 0.3) is 0 Å². The van der Waals surface area contributed by atoms with Crippen LogP contribution in [0.15, 0.2) is 0 Å². The van der Waals surface area contributed by atoms with Crippen molar-refractivity contribution in [3.8, 4) is 0 Å². The molecule has 2 aliphatic rings. The highest BCUT2D eigenvalue weighted by Crippen LogP contribution is 2.31. The Morgan fingerprint density at radius 2 is 1.86 bits per heavy atom. The molecule has 1 saturated heterocycles. The molecule has 2 atom stereocenters. The zero-order valence-corrected chi connectivity index (χ0v) is 13.7. The molecule has 0 aromatic heterocycles. The van der Waals surface area contributed by atoms with Crippen molar-refractivity contribution in [1.82, 2.24) is 10.2 Å². The van der Waals surface area contributed by atoms with Gasteiger partial charge in [-0.2, -0.15) is 0 Å². The Labute approximate surface area is 128 Å². The molecule has 21 heavy (non-hydrogen) atoms. The van der Waals surface area contributed by atoms with Gasteiger partial charge in [0.1, 0.15) is 12.1 Å². The van der Waals surface area contributed by atoms with Crippen molar-refractivity contribution in [2.75, 3.05) is 6.54 Å². The molecule has 4 heteroatoms. The van der Waals surface area contributed by atoms with E-state index in [1.165, 1.54) is 19.3 Å². The van der Waals surface area contributed by atoms with E-state index in [0.717, 1.165) is 25.8 Å². The van der Waals surface area contributed by atoms with Crippen LogP contribution < -0.4 is 5.32 Å². The van der Waals surface area contributed by atoms with Gasteiger partial charge in [-0.25, -0.2) is 0 Å². The van der Waals surface area contributed by atoms with Crippen LogP contribution in [-0.4, -0.2) is 35.3 Å². The lowest BCUT2D eigenvalue weighted by Crippen LogP contribution is -2.65. The molecule has 1 N–H and O–H groups in total. The van der Waals surface area contributed by atoms with E-state index in [0.29, 0.717) is 18.3 Å². The Hall–Kier alpha value is -1.06. The number of piperazine rings is 1. The summed E-state index contributed by atoms with van der Waals surface area (Å²) < 4.78 is 0. The normalized spacial score (nSPS) is 28.1. The fourth-order valence-electron chi connectivity index (χ4n) is 3.64. The van der Waals surface area contributed by atoms with E-state index >= 15 is 0 Å². The fraction of sp³-hybridized carbons (Fsp3) is 0.882. The maximum absolute atomic E-state index is 12.7. The largest absolute Gasteiger partial charge is 0.343 e. The van der Waals surface area contributed by atoms with Crippen LogP contribution in [0.5, 0.6) is 0 Å². The SMILES string of the molecule is CCC1NC(=O)C(C2CCCCC2)N(CCC(C)C)C1=O. The van der Waals surface area contributed by atoms with E-state index in [2.05, 4.69) is 19.2 Å². The highest BCUT2D eigenvalue weighted by atomic mass is 16.2. The van der Waals surface area contributed by atoms with Crippen molar-refractivity contribution in [3.63, 3.8) is 0 Å². The third-order valence-electron chi connectivity index (χ3n) is 4.95. The number of amides is 2. The molecule has 1 heterocycles. The van der Waals surface area contributed by atoms with Crippen LogP contribution in [-0.2, 0) is 9.59 Å².